The summed E-state index contributed by atoms with van der Waals surface area (Å²) in [6.07, 6.45) is 6.16. The zero-order chi connectivity index (χ0) is 27.2. The van der Waals surface area contributed by atoms with E-state index < -0.39 is 0 Å². The lowest BCUT2D eigenvalue weighted by Crippen LogP contribution is -2.09. The fraction of sp³-hybridized carbons (Fsp3) is 0.0556. The second kappa shape index (κ2) is 11.6. The number of allylic oxidation sites excluding steroid dienone is 2. The molecule has 192 valence electrons. The van der Waals surface area contributed by atoms with Crippen LogP contribution >= 0.6 is 0 Å². The maximum Gasteiger partial charge on any atom is 0.115 e. The van der Waals surface area contributed by atoms with E-state index in [1.165, 1.54) is 11.1 Å². The molecule has 0 saturated heterocycles. The van der Waals surface area contributed by atoms with Crippen LogP contribution in [0.1, 0.15) is 27.8 Å². The summed E-state index contributed by atoms with van der Waals surface area (Å²) in [7, 11) is 0. The first kappa shape index (κ1) is 25.6. The minimum absolute atomic E-state index is 0.227. The standard InChI is InChI=1S/C36H31NO2/c1-26-6-16-31(17-7-26)37(32-18-8-27(2)9-19-32)33-20-10-28(11-21-33)4-3-5-36(29-12-22-34(38)23-13-29)30-14-24-35(39)25-15-30/h3-25,38-39H,1-2H3. The topological polar surface area (TPSA) is 43.7 Å². The summed E-state index contributed by atoms with van der Waals surface area (Å²) in [5, 5.41) is 19.5. The van der Waals surface area contributed by atoms with Crippen molar-refractivity contribution in [2.45, 2.75) is 13.8 Å². The number of aryl methyl sites for hydroxylation is 2. The largest absolute Gasteiger partial charge is 0.508 e. The number of nitrogens with zero attached hydrogens (tertiary/aromatic N) is 1. The van der Waals surface area contributed by atoms with E-state index in [-0.39, 0.29) is 11.5 Å². The maximum atomic E-state index is 9.73. The van der Waals surface area contributed by atoms with Gasteiger partial charge in [0.05, 0.1) is 0 Å². The molecule has 0 aliphatic carbocycles. The number of anilines is 3. The molecule has 0 fully saturated rings. The Hall–Kier alpha value is -5.02. The Labute approximate surface area is 230 Å². The number of hydrogen-bond donors (Lipinski definition) is 2. The Morgan fingerprint density at radius 3 is 1.31 bits per heavy atom. The molecule has 0 unspecified atom stereocenters. The van der Waals surface area contributed by atoms with Gasteiger partial charge >= 0.3 is 0 Å². The van der Waals surface area contributed by atoms with Gasteiger partial charge in [-0.2, -0.15) is 0 Å². The molecule has 0 aliphatic rings. The molecule has 0 spiro atoms. The summed E-state index contributed by atoms with van der Waals surface area (Å²) in [6, 6.07) is 40.0. The van der Waals surface area contributed by atoms with Gasteiger partial charge in [0.2, 0.25) is 0 Å². The Bertz CT molecular complexity index is 1490. The second-order valence-corrected chi connectivity index (χ2v) is 9.63. The molecule has 5 rings (SSSR count). The van der Waals surface area contributed by atoms with E-state index in [0.717, 1.165) is 39.3 Å². The van der Waals surface area contributed by atoms with E-state index in [9.17, 15) is 10.2 Å². The van der Waals surface area contributed by atoms with Crippen molar-refractivity contribution in [2.24, 2.45) is 0 Å². The lowest BCUT2D eigenvalue weighted by atomic mass is 9.97. The summed E-state index contributed by atoms with van der Waals surface area (Å²) >= 11 is 0. The lowest BCUT2D eigenvalue weighted by molar-refractivity contribution is 0.475. The van der Waals surface area contributed by atoms with Gasteiger partial charge in [0, 0.05) is 17.1 Å². The number of phenolic OH excluding ortho intramolecular Hbond substituents is 2. The van der Waals surface area contributed by atoms with Gasteiger partial charge in [-0.1, -0.05) is 90.0 Å². The van der Waals surface area contributed by atoms with Crippen LogP contribution in [-0.2, 0) is 0 Å². The van der Waals surface area contributed by atoms with Crippen molar-refractivity contribution in [3.05, 3.63) is 161 Å². The molecular formula is C36H31NO2. The first-order valence-electron chi connectivity index (χ1n) is 13.0. The van der Waals surface area contributed by atoms with E-state index in [0.29, 0.717) is 0 Å². The maximum absolute atomic E-state index is 9.73. The third-order valence-corrected chi connectivity index (χ3v) is 6.64. The monoisotopic (exact) mass is 509 g/mol. The molecule has 0 aromatic heterocycles. The van der Waals surface area contributed by atoms with Crippen LogP contribution in [0.25, 0.3) is 11.6 Å². The van der Waals surface area contributed by atoms with Crippen LogP contribution in [0.4, 0.5) is 17.1 Å². The molecule has 0 heterocycles. The highest BCUT2D eigenvalue weighted by Gasteiger charge is 2.12. The highest BCUT2D eigenvalue weighted by molar-refractivity contribution is 5.82. The van der Waals surface area contributed by atoms with E-state index in [4.69, 9.17) is 0 Å². The normalized spacial score (nSPS) is 10.9. The fourth-order valence-corrected chi connectivity index (χ4v) is 4.47. The minimum atomic E-state index is 0.227. The van der Waals surface area contributed by atoms with Crippen molar-refractivity contribution in [3.8, 4) is 11.5 Å². The molecule has 0 saturated carbocycles. The average Bonchev–Trinajstić information content (AvgIpc) is 2.95. The number of benzene rings is 5. The van der Waals surface area contributed by atoms with Crippen LogP contribution < -0.4 is 4.90 Å². The molecule has 5 aromatic carbocycles. The molecule has 0 bridgehead atoms. The SMILES string of the molecule is Cc1ccc(N(c2ccc(C)cc2)c2ccc(C=CC=C(c3ccc(O)cc3)c3ccc(O)cc3)cc2)cc1. The van der Waals surface area contributed by atoms with Crippen molar-refractivity contribution < 1.29 is 10.2 Å². The molecule has 5 aromatic rings. The summed E-state index contributed by atoms with van der Waals surface area (Å²) in [4.78, 5) is 2.26. The van der Waals surface area contributed by atoms with Gasteiger partial charge in [0.25, 0.3) is 0 Å². The van der Waals surface area contributed by atoms with Gasteiger partial charge in [-0.25, -0.2) is 0 Å². The highest BCUT2D eigenvalue weighted by Crippen LogP contribution is 2.35. The highest BCUT2D eigenvalue weighted by atomic mass is 16.3. The summed E-state index contributed by atoms with van der Waals surface area (Å²) in [5.41, 5.74) is 9.81. The zero-order valence-corrected chi connectivity index (χ0v) is 22.1. The second-order valence-electron chi connectivity index (χ2n) is 9.63. The van der Waals surface area contributed by atoms with Crippen LogP contribution in [0.15, 0.2) is 133 Å². The molecular weight excluding hydrogens is 478 g/mol. The van der Waals surface area contributed by atoms with Crippen molar-refractivity contribution in [2.75, 3.05) is 4.90 Å². The quantitative estimate of drug-likeness (QED) is 0.215. The van der Waals surface area contributed by atoms with E-state index in [1.807, 2.05) is 30.3 Å². The molecule has 2 N–H and O–H groups in total. The summed E-state index contributed by atoms with van der Waals surface area (Å²) in [5.74, 6) is 0.453. The molecule has 0 atom stereocenters. The van der Waals surface area contributed by atoms with Crippen LogP contribution in [0.3, 0.4) is 0 Å². The third-order valence-electron chi connectivity index (χ3n) is 6.64. The van der Waals surface area contributed by atoms with Crippen molar-refractivity contribution in [1.29, 1.82) is 0 Å². The average molecular weight is 510 g/mol. The Morgan fingerprint density at radius 2 is 0.897 bits per heavy atom. The molecule has 39 heavy (non-hydrogen) atoms. The fourth-order valence-electron chi connectivity index (χ4n) is 4.47. The smallest absolute Gasteiger partial charge is 0.115 e. The van der Waals surface area contributed by atoms with Crippen LogP contribution in [-0.4, -0.2) is 10.2 Å². The summed E-state index contributed by atoms with van der Waals surface area (Å²) < 4.78 is 0. The first-order valence-corrected chi connectivity index (χ1v) is 13.0. The number of rotatable bonds is 7. The van der Waals surface area contributed by atoms with Gasteiger partial charge in [-0.15, -0.1) is 0 Å². The molecule has 3 nitrogen and oxygen atoms in total. The van der Waals surface area contributed by atoms with Gasteiger partial charge in [-0.05, 0) is 96.8 Å². The van der Waals surface area contributed by atoms with E-state index in [2.05, 4.69) is 104 Å². The Morgan fingerprint density at radius 1 is 0.513 bits per heavy atom. The van der Waals surface area contributed by atoms with Gasteiger partial charge in [0.1, 0.15) is 11.5 Å². The third kappa shape index (κ3) is 6.28. The van der Waals surface area contributed by atoms with Crippen molar-refractivity contribution in [3.63, 3.8) is 0 Å². The van der Waals surface area contributed by atoms with Gasteiger partial charge in [0.15, 0.2) is 0 Å². The van der Waals surface area contributed by atoms with Gasteiger partial charge < -0.3 is 15.1 Å². The first-order chi connectivity index (χ1) is 19.0. The van der Waals surface area contributed by atoms with E-state index >= 15 is 0 Å². The number of hydrogen-bond acceptors (Lipinski definition) is 3. The van der Waals surface area contributed by atoms with Gasteiger partial charge in [-0.3, -0.25) is 0 Å². The molecule has 0 radical (unpaired) electrons. The molecule has 0 amide bonds. The van der Waals surface area contributed by atoms with Crippen LogP contribution in [0, 0.1) is 13.8 Å². The lowest BCUT2D eigenvalue weighted by Gasteiger charge is -2.25. The Kier molecular flexibility index (Phi) is 7.60. The summed E-state index contributed by atoms with van der Waals surface area (Å²) in [6.45, 7) is 4.20. The van der Waals surface area contributed by atoms with Crippen molar-refractivity contribution >= 4 is 28.7 Å². The predicted molar refractivity (Wildman–Crippen MR) is 163 cm³/mol. The van der Waals surface area contributed by atoms with Crippen LogP contribution in [0.2, 0.25) is 0 Å². The van der Waals surface area contributed by atoms with Crippen molar-refractivity contribution in [1.82, 2.24) is 0 Å². The zero-order valence-electron chi connectivity index (χ0n) is 22.1. The number of phenols is 2. The molecule has 0 aliphatic heterocycles. The van der Waals surface area contributed by atoms with E-state index in [1.54, 1.807) is 24.3 Å². The predicted octanol–water partition coefficient (Wildman–Crippen LogP) is 9.33. The Balaban J connectivity index is 1.44. The van der Waals surface area contributed by atoms with Crippen LogP contribution in [0.5, 0.6) is 11.5 Å². The number of aromatic hydroxyl groups is 2. The molecule has 3 heteroatoms. The minimum Gasteiger partial charge on any atom is -0.508 e.